The van der Waals surface area contributed by atoms with Crippen molar-refractivity contribution in [3.05, 3.63) is 0 Å². The fourth-order valence-corrected chi connectivity index (χ4v) is 3.51. The van der Waals surface area contributed by atoms with Gasteiger partial charge in [-0.1, -0.05) is 6.92 Å². The van der Waals surface area contributed by atoms with Crippen LogP contribution < -0.4 is 5.32 Å². The van der Waals surface area contributed by atoms with E-state index in [1.54, 1.807) is 0 Å². The van der Waals surface area contributed by atoms with Gasteiger partial charge < -0.3 is 15.2 Å². The highest BCUT2D eigenvalue weighted by Crippen LogP contribution is 2.34. The number of nitrogens with zero attached hydrogens (tertiary/aromatic N) is 1. The zero-order valence-electron chi connectivity index (χ0n) is 12.0. The number of hydrogen-bond donors (Lipinski definition) is 2. The van der Waals surface area contributed by atoms with Crippen LogP contribution in [-0.4, -0.2) is 60.0 Å². The molecule has 2 fully saturated rings. The third-order valence-electron chi connectivity index (χ3n) is 4.41. The highest BCUT2D eigenvalue weighted by atomic mass is 16.5. The molecule has 0 aromatic heterocycles. The third kappa shape index (κ3) is 3.05. The third-order valence-corrected chi connectivity index (χ3v) is 4.41. The van der Waals surface area contributed by atoms with Gasteiger partial charge in [-0.3, -0.25) is 4.90 Å². The summed E-state index contributed by atoms with van der Waals surface area (Å²) >= 11 is 0. The van der Waals surface area contributed by atoms with Gasteiger partial charge in [0, 0.05) is 24.7 Å². The van der Waals surface area contributed by atoms with Crippen LogP contribution in [0.2, 0.25) is 0 Å². The van der Waals surface area contributed by atoms with Crippen molar-refractivity contribution in [2.45, 2.75) is 57.2 Å². The fraction of sp³-hybridized carbons (Fsp3) is 1.00. The van der Waals surface area contributed by atoms with Gasteiger partial charge in [0.15, 0.2) is 0 Å². The topological polar surface area (TPSA) is 44.7 Å². The smallest absolute Gasteiger partial charge is 0.0753 e. The van der Waals surface area contributed by atoms with Crippen molar-refractivity contribution in [2.75, 3.05) is 32.8 Å². The van der Waals surface area contributed by atoms with Gasteiger partial charge in [0.2, 0.25) is 0 Å². The number of hydrogen-bond acceptors (Lipinski definition) is 4. The summed E-state index contributed by atoms with van der Waals surface area (Å²) < 4.78 is 5.77. The number of rotatable bonds is 4. The first-order chi connectivity index (χ1) is 8.50. The van der Waals surface area contributed by atoms with E-state index in [4.69, 9.17) is 4.74 Å². The lowest BCUT2D eigenvalue weighted by atomic mass is 9.97. The summed E-state index contributed by atoms with van der Waals surface area (Å²) in [5.74, 6) is 0. The summed E-state index contributed by atoms with van der Waals surface area (Å²) in [7, 11) is 0. The Morgan fingerprint density at radius 1 is 1.44 bits per heavy atom. The lowest BCUT2D eigenvalue weighted by molar-refractivity contribution is -0.0971. The van der Waals surface area contributed by atoms with Crippen molar-refractivity contribution in [1.82, 2.24) is 10.2 Å². The molecule has 2 rings (SSSR count). The van der Waals surface area contributed by atoms with Crippen LogP contribution in [0.3, 0.4) is 0 Å². The minimum absolute atomic E-state index is 0.0269. The zero-order chi connectivity index (χ0) is 13.2. The maximum Gasteiger partial charge on any atom is 0.0753 e. The standard InChI is InChI=1S/C14H28N2O2/c1-4-15-14(11-17)6-5-12(9-14)16-7-8-18-13(2,3)10-16/h12,15,17H,4-11H2,1-3H3. The Kier molecular flexibility index (Phi) is 4.32. The molecule has 0 radical (unpaired) electrons. The first-order valence-corrected chi connectivity index (χ1v) is 7.24. The average molecular weight is 256 g/mol. The van der Waals surface area contributed by atoms with Crippen molar-refractivity contribution in [2.24, 2.45) is 0 Å². The summed E-state index contributed by atoms with van der Waals surface area (Å²) in [6.45, 7) is 10.5. The van der Waals surface area contributed by atoms with Gasteiger partial charge in [0.05, 0.1) is 18.8 Å². The molecule has 2 unspecified atom stereocenters. The second-order valence-electron chi connectivity index (χ2n) is 6.44. The quantitative estimate of drug-likeness (QED) is 0.787. The van der Waals surface area contributed by atoms with E-state index >= 15 is 0 Å². The van der Waals surface area contributed by atoms with Gasteiger partial charge in [-0.2, -0.15) is 0 Å². The Morgan fingerprint density at radius 3 is 2.83 bits per heavy atom. The zero-order valence-corrected chi connectivity index (χ0v) is 12.0. The van der Waals surface area contributed by atoms with Gasteiger partial charge in [0.1, 0.15) is 0 Å². The molecule has 0 spiro atoms. The van der Waals surface area contributed by atoms with Crippen LogP contribution >= 0.6 is 0 Å². The molecule has 0 aromatic carbocycles. The van der Waals surface area contributed by atoms with Gasteiger partial charge in [-0.25, -0.2) is 0 Å². The number of aliphatic hydroxyl groups is 1. The minimum Gasteiger partial charge on any atom is -0.394 e. The summed E-state index contributed by atoms with van der Waals surface area (Å²) in [6.07, 6.45) is 3.33. The van der Waals surface area contributed by atoms with Crippen molar-refractivity contribution >= 4 is 0 Å². The number of nitrogens with one attached hydrogen (secondary N) is 1. The largest absolute Gasteiger partial charge is 0.394 e. The van der Waals surface area contributed by atoms with E-state index in [1.807, 2.05) is 0 Å². The van der Waals surface area contributed by atoms with Crippen LogP contribution in [0.5, 0.6) is 0 Å². The molecule has 2 atom stereocenters. The average Bonchev–Trinajstić information content (AvgIpc) is 2.73. The Bertz CT molecular complexity index is 283. The number of likely N-dealkylation sites (N-methyl/N-ethyl adjacent to an activating group) is 1. The van der Waals surface area contributed by atoms with Gasteiger partial charge in [-0.05, 0) is 39.7 Å². The van der Waals surface area contributed by atoms with Crippen molar-refractivity contribution in [1.29, 1.82) is 0 Å². The first-order valence-electron chi connectivity index (χ1n) is 7.24. The maximum absolute atomic E-state index is 9.66. The van der Waals surface area contributed by atoms with Crippen molar-refractivity contribution in [3.63, 3.8) is 0 Å². The molecule has 2 aliphatic rings. The lowest BCUT2D eigenvalue weighted by Crippen LogP contribution is -2.53. The minimum atomic E-state index is -0.0398. The first kappa shape index (κ1) is 14.3. The van der Waals surface area contributed by atoms with E-state index in [-0.39, 0.29) is 17.7 Å². The molecule has 2 N–H and O–H groups in total. The van der Waals surface area contributed by atoms with E-state index in [2.05, 4.69) is 31.0 Å². The van der Waals surface area contributed by atoms with E-state index in [0.29, 0.717) is 6.04 Å². The molecular formula is C14H28N2O2. The molecule has 0 amide bonds. The molecule has 0 aromatic rings. The summed E-state index contributed by atoms with van der Waals surface area (Å²) in [4.78, 5) is 2.55. The molecular weight excluding hydrogens is 228 g/mol. The predicted molar refractivity (Wildman–Crippen MR) is 72.7 cm³/mol. The van der Waals surface area contributed by atoms with Crippen LogP contribution in [0.15, 0.2) is 0 Å². The molecule has 1 saturated heterocycles. The molecule has 106 valence electrons. The van der Waals surface area contributed by atoms with E-state index in [1.165, 1.54) is 6.42 Å². The van der Waals surface area contributed by atoms with E-state index in [0.717, 1.165) is 39.1 Å². The molecule has 1 aliphatic carbocycles. The molecule has 4 nitrogen and oxygen atoms in total. The summed E-state index contributed by atoms with van der Waals surface area (Å²) in [5.41, 5.74) is -0.0667. The molecule has 1 saturated carbocycles. The van der Waals surface area contributed by atoms with Gasteiger partial charge in [0.25, 0.3) is 0 Å². The summed E-state index contributed by atoms with van der Waals surface area (Å²) in [6, 6.07) is 0.597. The van der Waals surface area contributed by atoms with Crippen molar-refractivity contribution < 1.29 is 9.84 Å². The van der Waals surface area contributed by atoms with E-state index < -0.39 is 0 Å². The van der Waals surface area contributed by atoms with Gasteiger partial charge >= 0.3 is 0 Å². The number of aliphatic hydroxyl groups excluding tert-OH is 1. The van der Waals surface area contributed by atoms with Crippen LogP contribution in [0.1, 0.15) is 40.0 Å². The Labute approximate surface area is 111 Å². The Balaban J connectivity index is 1.95. The number of ether oxygens (including phenoxy) is 1. The second-order valence-corrected chi connectivity index (χ2v) is 6.44. The van der Waals surface area contributed by atoms with Crippen LogP contribution in [0.25, 0.3) is 0 Å². The van der Waals surface area contributed by atoms with Gasteiger partial charge in [-0.15, -0.1) is 0 Å². The molecule has 1 heterocycles. The normalized spacial score (nSPS) is 37.0. The number of morpholine rings is 1. The SMILES string of the molecule is CCNC1(CO)CCC(N2CCOC(C)(C)C2)C1. The highest BCUT2D eigenvalue weighted by molar-refractivity contribution is 5.00. The molecule has 18 heavy (non-hydrogen) atoms. The summed E-state index contributed by atoms with van der Waals surface area (Å²) in [5, 5.41) is 13.2. The fourth-order valence-electron chi connectivity index (χ4n) is 3.51. The predicted octanol–water partition coefficient (Wildman–Crippen LogP) is 0.990. The molecule has 0 bridgehead atoms. The monoisotopic (exact) mass is 256 g/mol. The maximum atomic E-state index is 9.66. The van der Waals surface area contributed by atoms with Crippen LogP contribution in [0, 0.1) is 0 Å². The molecule has 4 heteroatoms. The molecule has 1 aliphatic heterocycles. The van der Waals surface area contributed by atoms with E-state index in [9.17, 15) is 5.11 Å². The Morgan fingerprint density at radius 2 is 2.22 bits per heavy atom. The highest BCUT2D eigenvalue weighted by Gasteiger charge is 2.42. The van der Waals surface area contributed by atoms with Crippen LogP contribution in [-0.2, 0) is 4.74 Å². The van der Waals surface area contributed by atoms with Crippen molar-refractivity contribution in [3.8, 4) is 0 Å². The second kappa shape index (κ2) is 5.45. The Hall–Kier alpha value is -0.160. The lowest BCUT2D eigenvalue weighted by Gasteiger charge is -2.41. The van der Waals surface area contributed by atoms with Crippen LogP contribution in [0.4, 0.5) is 0 Å².